The van der Waals surface area contributed by atoms with Gasteiger partial charge in [-0.15, -0.1) is 0 Å². The Balaban J connectivity index is 0.00000316. The molecule has 0 spiro atoms. The van der Waals surface area contributed by atoms with Crippen molar-refractivity contribution >= 4 is 21.9 Å². The first-order valence-corrected chi connectivity index (χ1v) is 14.6. The lowest BCUT2D eigenvalue weighted by Gasteiger charge is -2.34. The Morgan fingerprint density at radius 2 is 1.71 bits per heavy atom. The van der Waals surface area contributed by atoms with Crippen molar-refractivity contribution in [3.63, 3.8) is 0 Å². The minimum absolute atomic E-state index is 0. The Morgan fingerprint density at radius 3 is 2.60 bits per heavy atom. The van der Waals surface area contributed by atoms with Crippen molar-refractivity contribution in [2.75, 3.05) is 0 Å². The van der Waals surface area contributed by atoms with Gasteiger partial charge in [-0.3, -0.25) is 9.88 Å². The molecule has 0 aliphatic heterocycles. The van der Waals surface area contributed by atoms with Crippen molar-refractivity contribution in [3.05, 3.63) is 131 Å². The summed E-state index contributed by atoms with van der Waals surface area (Å²) in [6.45, 7) is 3.29. The van der Waals surface area contributed by atoms with Crippen LogP contribution in [0, 0.1) is 0 Å². The van der Waals surface area contributed by atoms with Crippen molar-refractivity contribution in [1.29, 1.82) is 0 Å². The number of aromatic amines is 1. The molecule has 3 heterocycles. The summed E-state index contributed by atoms with van der Waals surface area (Å²) in [5, 5.41) is 4.97. The van der Waals surface area contributed by atoms with Gasteiger partial charge in [0.1, 0.15) is 5.82 Å². The largest absolute Gasteiger partial charge is 0.350 e. The van der Waals surface area contributed by atoms with Crippen LogP contribution in [0.15, 0.2) is 97.3 Å². The molecular formula is C36H40N6. The van der Waals surface area contributed by atoms with E-state index in [9.17, 15) is 0 Å². The second kappa shape index (κ2) is 12.3. The average molecular weight is 557 g/mol. The van der Waals surface area contributed by atoms with Gasteiger partial charge in [-0.2, -0.15) is 0 Å². The predicted octanol–water partition coefficient (Wildman–Crippen LogP) is 7.46. The Kier molecular flexibility index (Phi) is 8.17. The maximum absolute atomic E-state index is 4.91. The maximum Gasteiger partial charge on any atom is 0.121 e. The summed E-state index contributed by atoms with van der Waals surface area (Å²) in [6, 6.07) is 30.5. The number of H-pyrrole nitrogens is 1. The van der Waals surface area contributed by atoms with Gasteiger partial charge in [0.05, 0.1) is 29.3 Å². The SMILES string of the molecule is C.Cn1cc(CNCc2ccc(CN(Cc3nc4ccccc4[nH]3)C3CCCc4cccnc43)cc2)c2ccccc21. The van der Waals surface area contributed by atoms with Crippen LogP contribution in [0.3, 0.4) is 0 Å². The molecule has 0 saturated carbocycles. The molecule has 7 rings (SSSR count). The van der Waals surface area contributed by atoms with Crippen molar-refractivity contribution in [2.24, 2.45) is 7.05 Å². The monoisotopic (exact) mass is 556 g/mol. The Hall–Kier alpha value is -4.26. The zero-order chi connectivity index (χ0) is 27.6. The Morgan fingerprint density at radius 1 is 0.905 bits per heavy atom. The van der Waals surface area contributed by atoms with Crippen LogP contribution in [0.5, 0.6) is 0 Å². The van der Waals surface area contributed by atoms with Gasteiger partial charge in [-0.1, -0.05) is 68.1 Å². The van der Waals surface area contributed by atoms with Crippen LogP contribution in [-0.4, -0.2) is 24.4 Å². The fourth-order valence-corrected chi connectivity index (χ4v) is 6.39. The van der Waals surface area contributed by atoms with E-state index in [1.165, 1.54) is 45.3 Å². The topological polar surface area (TPSA) is 61.8 Å². The molecule has 6 heteroatoms. The maximum atomic E-state index is 4.91. The molecule has 1 aliphatic carbocycles. The highest BCUT2D eigenvalue weighted by molar-refractivity contribution is 5.83. The highest BCUT2D eigenvalue weighted by Gasteiger charge is 2.28. The van der Waals surface area contributed by atoms with Crippen molar-refractivity contribution in [1.82, 2.24) is 29.7 Å². The van der Waals surface area contributed by atoms with E-state index < -0.39 is 0 Å². The second-order valence-electron chi connectivity index (χ2n) is 11.3. The summed E-state index contributed by atoms with van der Waals surface area (Å²) < 4.78 is 2.21. The van der Waals surface area contributed by atoms with Crippen molar-refractivity contribution in [3.8, 4) is 0 Å². The fourth-order valence-electron chi connectivity index (χ4n) is 6.39. The molecule has 6 aromatic rings. The quantitative estimate of drug-likeness (QED) is 0.194. The first kappa shape index (κ1) is 27.9. The number of hydrogen-bond acceptors (Lipinski definition) is 4. The molecule has 0 amide bonds. The average Bonchev–Trinajstić information content (AvgIpc) is 3.57. The minimum Gasteiger partial charge on any atom is -0.350 e. The summed E-state index contributed by atoms with van der Waals surface area (Å²) in [5.74, 6) is 1.00. The number of pyridine rings is 1. The number of para-hydroxylation sites is 3. The fraction of sp³-hybridized carbons (Fsp3) is 0.278. The van der Waals surface area contributed by atoms with E-state index in [2.05, 4.69) is 112 Å². The molecule has 1 atom stereocenters. The lowest BCUT2D eigenvalue weighted by Crippen LogP contribution is -2.31. The van der Waals surface area contributed by atoms with Crippen LogP contribution in [0.4, 0.5) is 0 Å². The minimum atomic E-state index is 0. The number of hydrogen-bond donors (Lipinski definition) is 2. The summed E-state index contributed by atoms with van der Waals surface area (Å²) in [6.07, 6.45) is 7.58. The molecule has 0 fully saturated rings. The smallest absolute Gasteiger partial charge is 0.121 e. The van der Waals surface area contributed by atoms with Gasteiger partial charge in [0.15, 0.2) is 0 Å². The number of rotatable bonds is 9. The normalized spacial score (nSPS) is 14.8. The second-order valence-corrected chi connectivity index (χ2v) is 11.3. The van der Waals surface area contributed by atoms with E-state index >= 15 is 0 Å². The number of nitrogens with one attached hydrogen (secondary N) is 2. The van der Waals surface area contributed by atoms with Gasteiger partial charge >= 0.3 is 0 Å². The third kappa shape index (κ3) is 5.73. The molecule has 3 aromatic carbocycles. The van der Waals surface area contributed by atoms with Crippen LogP contribution in [0.1, 0.15) is 60.1 Å². The van der Waals surface area contributed by atoms with Crippen LogP contribution < -0.4 is 5.32 Å². The molecule has 0 saturated heterocycles. The molecule has 1 unspecified atom stereocenters. The number of aryl methyl sites for hydroxylation is 2. The molecule has 42 heavy (non-hydrogen) atoms. The molecule has 0 bridgehead atoms. The summed E-state index contributed by atoms with van der Waals surface area (Å²) in [7, 11) is 2.12. The van der Waals surface area contributed by atoms with Crippen molar-refractivity contribution < 1.29 is 0 Å². The standard InChI is InChI=1S/C35H36N6.CH4/c1-40-23-28(29-10-2-5-13-32(29)40)21-36-20-25-15-17-26(18-16-25)22-41(24-34-38-30-11-3-4-12-31(30)39-34)33-14-6-8-27-9-7-19-37-35(27)33;/h2-5,7,9-13,15-19,23,33,36H,6,8,14,20-22,24H2,1H3,(H,38,39);1H4. The van der Waals surface area contributed by atoms with E-state index in [4.69, 9.17) is 9.97 Å². The Bertz CT molecular complexity index is 1750. The highest BCUT2D eigenvalue weighted by atomic mass is 15.2. The van der Waals surface area contributed by atoms with E-state index in [1.54, 1.807) is 0 Å². The molecule has 3 aromatic heterocycles. The molecule has 214 valence electrons. The van der Waals surface area contributed by atoms with Gasteiger partial charge in [0, 0.05) is 50.0 Å². The molecule has 0 radical (unpaired) electrons. The number of fused-ring (bicyclic) bond motifs is 3. The lowest BCUT2D eigenvalue weighted by atomic mass is 9.90. The zero-order valence-corrected chi connectivity index (χ0v) is 23.6. The predicted molar refractivity (Wildman–Crippen MR) is 172 cm³/mol. The number of nitrogens with zero attached hydrogens (tertiary/aromatic N) is 4. The number of benzene rings is 3. The molecule has 2 N–H and O–H groups in total. The van der Waals surface area contributed by atoms with E-state index in [0.29, 0.717) is 0 Å². The van der Waals surface area contributed by atoms with Gasteiger partial charge in [-0.25, -0.2) is 4.98 Å². The van der Waals surface area contributed by atoms with Crippen LogP contribution in [0.25, 0.3) is 21.9 Å². The molecule has 6 nitrogen and oxygen atoms in total. The first-order valence-electron chi connectivity index (χ1n) is 14.6. The van der Waals surface area contributed by atoms with Gasteiger partial charge < -0.3 is 14.9 Å². The number of aromatic nitrogens is 4. The third-order valence-electron chi connectivity index (χ3n) is 8.43. The van der Waals surface area contributed by atoms with Crippen LogP contribution in [0.2, 0.25) is 0 Å². The molecule has 1 aliphatic rings. The summed E-state index contributed by atoms with van der Waals surface area (Å²) >= 11 is 0. The third-order valence-corrected chi connectivity index (χ3v) is 8.43. The highest BCUT2D eigenvalue weighted by Crippen LogP contribution is 2.34. The zero-order valence-electron chi connectivity index (χ0n) is 23.6. The van der Waals surface area contributed by atoms with Crippen molar-refractivity contribution in [2.45, 2.75) is 58.9 Å². The van der Waals surface area contributed by atoms with Crippen LogP contribution in [-0.2, 0) is 39.6 Å². The van der Waals surface area contributed by atoms with Crippen LogP contribution >= 0.6 is 0 Å². The van der Waals surface area contributed by atoms with E-state index in [1.807, 2.05) is 12.3 Å². The van der Waals surface area contributed by atoms with E-state index in [-0.39, 0.29) is 13.5 Å². The van der Waals surface area contributed by atoms with Gasteiger partial charge in [0.2, 0.25) is 0 Å². The Labute approximate surface area is 248 Å². The summed E-state index contributed by atoms with van der Waals surface area (Å²) in [5.41, 5.74) is 9.92. The number of imidazole rings is 1. The molecular weight excluding hydrogens is 516 g/mol. The first-order chi connectivity index (χ1) is 20.2. The van der Waals surface area contributed by atoms with Gasteiger partial charge in [-0.05, 0) is 65.8 Å². The summed E-state index contributed by atoms with van der Waals surface area (Å²) in [4.78, 5) is 15.9. The van der Waals surface area contributed by atoms with Gasteiger partial charge in [0.25, 0.3) is 0 Å². The van der Waals surface area contributed by atoms with E-state index in [0.717, 1.165) is 55.9 Å². The lowest BCUT2D eigenvalue weighted by molar-refractivity contribution is 0.153.